The molecule has 1 heterocycles. The smallest absolute Gasteiger partial charge is 0.0656 e. The number of rotatable bonds is 7. The standard InChI is InChI=1S/C12H22N4/c1-3-13-6-7-16(2)9-11-8-12(15-14-11)10-4-5-10/h8,10,13H,3-7,9H2,1-2H3,(H,14,15). The molecule has 1 fully saturated rings. The molecular weight excluding hydrogens is 200 g/mol. The van der Waals surface area contributed by atoms with E-state index in [4.69, 9.17) is 0 Å². The molecule has 16 heavy (non-hydrogen) atoms. The normalized spacial score (nSPS) is 15.9. The number of likely N-dealkylation sites (N-methyl/N-ethyl adjacent to an activating group) is 2. The third-order valence-electron chi connectivity index (χ3n) is 3.01. The maximum Gasteiger partial charge on any atom is 0.0656 e. The average Bonchev–Trinajstić information content (AvgIpc) is 3.01. The Hall–Kier alpha value is -0.870. The summed E-state index contributed by atoms with van der Waals surface area (Å²) < 4.78 is 0. The molecule has 0 unspecified atom stereocenters. The summed E-state index contributed by atoms with van der Waals surface area (Å²) in [5.41, 5.74) is 2.50. The van der Waals surface area contributed by atoms with Crippen LogP contribution in [0.1, 0.15) is 37.1 Å². The molecule has 1 aromatic rings. The van der Waals surface area contributed by atoms with Crippen molar-refractivity contribution in [1.82, 2.24) is 20.4 Å². The maximum atomic E-state index is 4.36. The molecule has 0 saturated heterocycles. The second kappa shape index (κ2) is 5.46. The first-order valence-electron chi connectivity index (χ1n) is 6.23. The van der Waals surface area contributed by atoms with Crippen molar-refractivity contribution in [2.75, 3.05) is 26.7 Å². The minimum absolute atomic E-state index is 0.747. The Bertz CT molecular complexity index is 317. The molecule has 4 heteroatoms. The summed E-state index contributed by atoms with van der Waals surface area (Å²) >= 11 is 0. The van der Waals surface area contributed by atoms with Gasteiger partial charge in [-0.15, -0.1) is 0 Å². The van der Waals surface area contributed by atoms with E-state index in [2.05, 4.69) is 40.5 Å². The lowest BCUT2D eigenvalue weighted by atomic mass is 10.2. The summed E-state index contributed by atoms with van der Waals surface area (Å²) in [6.45, 7) is 6.27. The molecule has 1 saturated carbocycles. The molecule has 2 N–H and O–H groups in total. The van der Waals surface area contributed by atoms with Crippen LogP contribution in [0.25, 0.3) is 0 Å². The Morgan fingerprint density at radius 2 is 2.38 bits per heavy atom. The average molecular weight is 222 g/mol. The maximum absolute atomic E-state index is 4.36. The fourth-order valence-electron chi connectivity index (χ4n) is 1.87. The lowest BCUT2D eigenvalue weighted by Gasteiger charge is -2.15. The molecule has 0 spiro atoms. The van der Waals surface area contributed by atoms with Gasteiger partial charge in [-0.3, -0.25) is 10.00 Å². The number of nitrogens with one attached hydrogen (secondary N) is 2. The molecule has 1 aromatic heterocycles. The van der Waals surface area contributed by atoms with E-state index in [0.29, 0.717) is 0 Å². The third kappa shape index (κ3) is 3.32. The summed E-state index contributed by atoms with van der Waals surface area (Å²) in [5, 5.41) is 10.8. The Kier molecular flexibility index (Phi) is 3.96. The van der Waals surface area contributed by atoms with E-state index in [9.17, 15) is 0 Å². The van der Waals surface area contributed by atoms with Crippen molar-refractivity contribution < 1.29 is 0 Å². The summed E-state index contributed by atoms with van der Waals surface area (Å²) in [7, 11) is 2.15. The van der Waals surface area contributed by atoms with Crippen molar-refractivity contribution in [2.24, 2.45) is 0 Å². The van der Waals surface area contributed by atoms with E-state index >= 15 is 0 Å². The minimum atomic E-state index is 0.747. The van der Waals surface area contributed by atoms with E-state index in [1.54, 1.807) is 0 Å². The van der Waals surface area contributed by atoms with Crippen LogP contribution in [0, 0.1) is 0 Å². The predicted molar refractivity (Wildman–Crippen MR) is 65.4 cm³/mol. The molecule has 0 radical (unpaired) electrons. The quantitative estimate of drug-likeness (QED) is 0.684. The number of aromatic amines is 1. The molecule has 1 aliphatic carbocycles. The highest BCUT2D eigenvalue weighted by atomic mass is 15.2. The SMILES string of the molecule is CCNCCN(C)Cc1cc(C2CC2)n[nH]1. The monoisotopic (exact) mass is 222 g/mol. The van der Waals surface area contributed by atoms with Gasteiger partial charge < -0.3 is 5.32 Å². The topological polar surface area (TPSA) is 44.0 Å². The van der Waals surface area contributed by atoms with E-state index in [1.807, 2.05) is 0 Å². The van der Waals surface area contributed by atoms with Gasteiger partial charge in [-0.1, -0.05) is 6.92 Å². The largest absolute Gasteiger partial charge is 0.316 e. The van der Waals surface area contributed by atoms with Crippen LogP contribution in [0.15, 0.2) is 6.07 Å². The van der Waals surface area contributed by atoms with Crippen LogP contribution in [-0.2, 0) is 6.54 Å². The van der Waals surface area contributed by atoms with Crippen LogP contribution in [0.4, 0.5) is 0 Å². The molecule has 2 rings (SSSR count). The van der Waals surface area contributed by atoms with Crippen LogP contribution in [0.3, 0.4) is 0 Å². The number of hydrogen-bond donors (Lipinski definition) is 2. The minimum Gasteiger partial charge on any atom is -0.316 e. The summed E-state index contributed by atoms with van der Waals surface area (Å²) in [6, 6.07) is 2.22. The second-order valence-electron chi connectivity index (χ2n) is 4.68. The van der Waals surface area contributed by atoms with E-state index in [1.165, 1.54) is 24.2 Å². The van der Waals surface area contributed by atoms with Crippen LogP contribution < -0.4 is 5.32 Å². The summed E-state index contributed by atoms with van der Waals surface area (Å²) in [4.78, 5) is 2.31. The van der Waals surface area contributed by atoms with Crippen molar-refractivity contribution in [2.45, 2.75) is 32.2 Å². The Balaban J connectivity index is 1.74. The number of nitrogens with zero attached hydrogens (tertiary/aromatic N) is 2. The fourth-order valence-corrected chi connectivity index (χ4v) is 1.87. The van der Waals surface area contributed by atoms with Gasteiger partial charge in [0.1, 0.15) is 0 Å². The van der Waals surface area contributed by atoms with Gasteiger partial charge in [0.15, 0.2) is 0 Å². The van der Waals surface area contributed by atoms with Crippen LogP contribution >= 0.6 is 0 Å². The van der Waals surface area contributed by atoms with Crippen LogP contribution in [0.2, 0.25) is 0 Å². The zero-order valence-electron chi connectivity index (χ0n) is 10.3. The first-order chi connectivity index (χ1) is 7.79. The highest BCUT2D eigenvalue weighted by molar-refractivity contribution is 5.17. The van der Waals surface area contributed by atoms with Gasteiger partial charge in [-0.2, -0.15) is 5.10 Å². The van der Waals surface area contributed by atoms with E-state index in [-0.39, 0.29) is 0 Å². The Morgan fingerprint density at radius 3 is 3.06 bits per heavy atom. The van der Waals surface area contributed by atoms with E-state index in [0.717, 1.165) is 32.1 Å². The molecule has 4 nitrogen and oxygen atoms in total. The highest BCUT2D eigenvalue weighted by Gasteiger charge is 2.26. The van der Waals surface area contributed by atoms with Crippen molar-refractivity contribution in [3.63, 3.8) is 0 Å². The van der Waals surface area contributed by atoms with Gasteiger partial charge >= 0.3 is 0 Å². The molecule has 0 bridgehead atoms. The first-order valence-corrected chi connectivity index (χ1v) is 6.23. The second-order valence-corrected chi connectivity index (χ2v) is 4.68. The highest BCUT2D eigenvalue weighted by Crippen LogP contribution is 2.38. The number of hydrogen-bond acceptors (Lipinski definition) is 3. The zero-order chi connectivity index (χ0) is 11.4. The molecule has 0 atom stereocenters. The van der Waals surface area contributed by atoms with Gasteiger partial charge in [-0.05, 0) is 32.5 Å². The van der Waals surface area contributed by atoms with Crippen LogP contribution in [0.5, 0.6) is 0 Å². The van der Waals surface area contributed by atoms with E-state index < -0.39 is 0 Å². The van der Waals surface area contributed by atoms with Gasteiger partial charge in [0.25, 0.3) is 0 Å². The first kappa shape index (κ1) is 11.6. The molecule has 1 aliphatic rings. The number of H-pyrrole nitrogens is 1. The van der Waals surface area contributed by atoms with Gasteiger partial charge in [-0.25, -0.2) is 0 Å². The van der Waals surface area contributed by atoms with Crippen molar-refractivity contribution in [3.05, 3.63) is 17.5 Å². The third-order valence-corrected chi connectivity index (χ3v) is 3.01. The van der Waals surface area contributed by atoms with Gasteiger partial charge in [0.2, 0.25) is 0 Å². The van der Waals surface area contributed by atoms with Crippen molar-refractivity contribution in [1.29, 1.82) is 0 Å². The Labute approximate surface area is 97.4 Å². The predicted octanol–water partition coefficient (Wildman–Crippen LogP) is 1.33. The molecular formula is C12H22N4. The molecule has 0 aliphatic heterocycles. The number of aromatic nitrogens is 2. The molecule has 90 valence electrons. The van der Waals surface area contributed by atoms with Crippen LogP contribution in [-0.4, -0.2) is 41.8 Å². The molecule has 0 amide bonds. The molecule has 0 aromatic carbocycles. The summed E-state index contributed by atoms with van der Waals surface area (Å²) in [5.74, 6) is 0.747. The fraction of sp³-hybridized carbons (Fsp3) is 0.750. The van der Waals surface area contributed by atoms with Crippen molar-refractivity contribution >= 4 is 0 Å². The van der Waals surface area contributed by atoms with Crippen molar-refractivity contribution in [3.8, 4) is 0 Å². The summed E-state index contributed by atoms with van der Waals surface area (Å²) in [6.07, 6.45) is 2.64. The lowest BCUT2D eigenvalue weighted by Crippen LogP contribution is -2.28. The van der Waals surface area contributed by atoms with Gasteiger partial charge in [0.05, 0.1) is 5.69 Å². The Morgan fingerprint density at radius 1 is 1.56 bits per heavy atom. The lowest BCUT2D eigenvalue weighted by molar-refractivity contribution is 0.321. The van der Waals surface area contributed by atoms with Gasteiger partial charge in [0, 0.05) is 31.2 Å². The zero-order valence-corrected chi connectivity index (χ0v) is 10.3.